The van der Waals surface area contributed by atoms with Gasteiger partial charge in [-0.3, -0.25) is 0 Å². The van der Waals surface area contributed by atoms with E-state index in [9.17, 15) is 5.11 Å². The summed E-state index contributed by atoms with van der Waals surface area (Å²) in [5.74, 6) is 0. The monoisotopic (exact) mass is 280 g/mol. The first-order chi connectivity index (χ1) is 5.29. The summed E-state index contributed by atoms with van der Waals surface area (Å²) < 4.78 is 1.33. The molecule has 1 aromatic rings. The molecule has 0 saturated heterocycles. The Bertz CT molecular complexity index is 269. The molecule has 0 radical (unpaired) electrons. The molecule has 1 aliphatic rings. The molecule has 0 fully saturated rings. The summed E-state index contributed by atoms with van der Waals surface area (Å²) in [6, 6.07) is 0. The smallest absolute Gasteiger partial charge is 0.0885 e. The first-order valence-corrected chi connectivity index (χ1v) is 5.68. The Kier molecular flexibility index (Phi) is 2.21. The molecule has 1 heterocycles. The molecule has 2 rings (SSSR count). The fraction of sp³-hybridized carbons (Fsp3) is 0.500. The van der Waals surface area contributed by atoms with Crippen LogP contribution in [0, 0.1) is 3.57 Å². The molecule has 0 spiro atoms. The minimum Gasteiger partial charge on any atom is -0.388 e. The quantitative estimate of drug-likeness (QED) is 0.724. The molecule has 0 saturated carbocycles. The molecule has 1 nitrogen and oxygen atoms in total. The van der Waals surface area contributed by atoms with Gasteiger partial charge in [0.25, 0.3) is 0 Å². The van der Waals surface area contributed by atoms with Crippen LogP contribution in [0.15, 0.2) is 5.38 Å². The normalized spacial score (nSPS) is 23.3. The number of thiophene rings is 1. The van der Waals surface area contributed by atoms with E-state index < -0.39 is 0 Å². The van der Waals surface area contributed by atoms with E-state index in [1.165, 1.54) is 14.0 Å². The van der Waals surface area contributed by atoms with Gasteiger partial charge in [-0.25, -0.2) is 0 Å². The van der Waals surface area contributed by atoms with Crippen molar-refractivity contribution in [3.63, 3.8) is 0 Å². The van der Waals surface area contributed by atoms with Crippen LogP contribution in [0.3, 0.4) is 0 Å². The molecule has 3 heteroatoms. The van der Waals surface area contributed by atoms with Gasteiger partial charge in [-0.05, 0) is 47.4 Å². The molecular formula is C8H9IOS. The molecule has 1 aromatic heterocycles. The van der Waals surface area contributed by atoms with Gasteiger partial charge < -0.3 is 5.11 Å². The molecule has 1 unspecified atom stereocenters. The van der Waals surface area contributed by atoms with E-state index in [4.69, 9.17) is 0 Å². The van der Waals surface area contributed by atoms with Crippen molar-refractivity contribution in [1.29, 1.82) is 0 Å². The molecule has 11 heavy (non-hydrogen) atoms. The van der Waals surface area contributed by atoms with Crippen LogP contribution in [-0.4, -0.2) is 5.11 Å². The van der Waals surface area contributed by atoms with Gasteiger partial charge in [-0.2, -0.15) is 0 Å². The lowest BCUT2D eigenvalue weighted by atomic mass is 9.97. The Morgan fingerprint density at radius 1 is 1.64 bits per heavy atom. The molecule has 1 aliphatic carbocycles. The third-order valence-electron chi connectivity index (χ3n) is 2.08. The highest BCUT2D eigenvalue weighted by molar-refractivity contribution is 14.1. The van der Waals surface area contributed by atoms with E-state index in [1.54, 1.807) is 11.3 Å². The lowest BCUT2D eigenvalue weighted by Crippen LogP contribution is -2.06. The van der Waals surface area contributed by atoms with E-state index in [-0.39, 0.29) is 6.10 Å². The van der Waals surface area contributed by atoms with Gasteiger partial charge in [0.2, 0.25) is 0 Å². The van der Waals surface area contributed by atoms with E-state index >= 15 is 0 Å². The lowest BCUT2D eigenvalue weighted by molar-refractivity contribution is 0.160. The maximum absolute atomic E-state index is 9.58. The standard InChI is InChI=1S/C8H9IOS/c9-6-4-11-8-5(6)2-1-3-7(8)10/h4,7,10H,1-3H2. The summed E-state index contributed by atoms with van der Waals surface area (Å²) in [6.45, 7) is 0. The summed E-state index contributed by atoms with van der Waals surface area (Å²) in [4.78, 5) is 1.21. The van der Waals surface area contributed by atoms with Crippen LogP contribution < -0.4 is 0 Å². The largest absolute Gasteiger partial charge is 0.388 e. The molecule has 0 bridgehead atoms. The predicted molar refractivity (Wildman–Crippen MR) is 54.9 cm³/mol. The van der Waals surface area contributed by atoms with Gasteiger partial charge in [-0.1, -0.05) is 0 Å². The van der Waals surface area contributed by atoms with E-state index in [0.717, 1.165) is 19.3 Å². The maximum atomic E-state index is 9.58. The van der Waals surface area contributed by atoms with E-state index in [1.807, 2.05) is 0 Å². The molecular weight excluding hydrogens is 271 g/mol. The zero-order valence-electron chi connectivity index (χ0n) is 6.01. The Labute approximate surface area is 83.6 Å². The summed E-state index contributed by atoms with van der Waals surface area (Å²) in [7, 11) is 0. The van der Waals surface area contributed by atoms with Crippen LogP contribution in [0.25, 0.3) is 0 Å². The van der Waals surface area contributed by atoms with Crippen LogP contribution in [-0.2, 0) is 6.42 Å². The lowest BCUT2D eigenvalue weighted by Gasteiger charge is -2.16. The molecule has 0 amide bonds. The second-order valence-corrected chi connectivity index (χ2v) is 4.91. The van der Waals surface area contributed by atoms with Crippen LogP contribution in [0.1, 0.15) is 29.4 Å². The van der Waals surface area contributed by atoms with Crippen molar-refractivity contribution < 1.29 is 5.11 Å². The second-order valence-electron chi connectivity index (χ2n) is 2.83. The SMILES string of the molecule is OC1CCCc2c(I)csc21. The van der Waals surface area contributed by atoms with Crippen molar-refractivity contribution in [2.24, 2.45) is 0 Å². The molecule has 60 valence electrons. The highest BCUT2D eigenvalue weighted by Crippen LogP contribution is 2.36. The minimum atomic E-state index is -0.174. The van der Waals surface area contributed by atoms with Gasteiger partial charge in [0, 0.05) is 13.8 Å². The summed E-state index contributed by atoms with van der Waals surface area (Å²) in [5, 5.41) is 11.7. The van der Waals surface area contributed by atoms with Gasteiger partial charge >= 0.3 is 0 Å². The number of fused-ring (bicyclic) bond motifs is 1. The third kappa shape index (κ3) is 1.34. The van der Waals surface area contributed by atoms with Crippen molar-refractivity contribution >= 4 is 33.9 Å². The van der Waals surface area contributed by atoms with Gasteiger partial charge in [-0.15, -0.1) is 11.3 Å². The Morgan fingerprint density at radius 2 is 2.45 bits per heavy atom. The molecule has 0 aromatic carbocycles. The van der Waals surface area contributed by atoms with Gasteiger partial charge in [0.15, 0.2) is 0 Å². The fourth-order valence-electron chi connectivity index (χ4n) is 1.50. The number of halogens is 1. The highest BCUT2D eigenvalue weighted by Gasteiger charge is 2.21. The third-order valence-corrected chi connectivity index (χ3v) is 4.59. The van der Waals surface area contributed by atoms with Crippen LogP contribution in [0.5, 0.6) is 0 Å². The first-order valence-electron chi connectivity index (χ1n) is 3.73. The van der Waals surface area contributed by atoms with Crippen molar-refractivity contribution in [2.45, 2.75) is 25.4 Å². The average molecular weight is 280 g/mol. The van der Waals surface area contributed by atoms with Crippen molar-refractivity contribution in [2.75, 3.05) is 0 Å². The summed E-state index contributed by atoms with van der Waals surface area (Å²) >= 11 is 4.05. The maximum Gasteiger partial charge on any atom is 0.0885 e. The number of rotatable bonds is 0. The van der Waals surface area contributed by atoms with Crippen LogP contribution in [0.4, 0.5) is 0 Å². The van der Waals surface area contributed by atoms with E-state index in [0.29, 0.717) is 0 Å². The number of aliphatic hydroxyl groups excluding tert-OH is 1. The first kappa shape index (κ1) is 8.01. The Morgan fingerprint density at radius 3 is 3.18 bits per heavy atom. The van der Waals surface area contributed by atoms with Crippen molar-refractivity contribution in [1.82, 2.24) is 0 Å². The molecule has 1 atom stereocenters. The zero-order valence-corrected chi connectivity index (χ0v) is 8.98. The Hall–Kier alpha value is 0.390. The minimum absolute atomic E-state index is 0.174. The molecule has 0 aliphatic heterocycles. The summed E-state index contributed by atoms with van der Waals surface area (Å²) in [6.07, 6.45) is 3.07. The van der Waals surface area contributed by atoms with Gasteiger partial charge in [0.1, 0.15) is 0 Å². The zero-order chi connectivity index (χ0) is 7.84. The number of aliphatic hydroxyl groups is 1. The highest BCUT2D eigenvalue weighted by atomic mass is 127. The topological polar surface area (TPSA) is 20.2 Å². The van der Waals surface area contributed by atoms with Crippen molar-refractivity contribution in [3.8, 4) is 0 Å². The number of hydrogen-bond acceptors (Lipinski definition) is 2. The average Bonchev–Trinajstić information content (AvgIpc) is 2.35. The molecule has 1 N–H and O–H groups in total. The van der Waals surface area contributed by atoms with Crippen LogP contribution in [0.2, 0.25) is 0 Å². The van der Waals surface area contributed by atoms with Gasteiger partial charge in [0.05, 0.1) is 6.10 Å². The fourth-order valence-corrected chi connectivity index (χ4v) is 3.63. The second kappa shape index (κ2) is 3.03. The Balaban J connectivity index is 2.46. The van der Waals surface area contributed by atoms with E-state index in [2.05, 4.69) is 28.0 Å². The van der Waals surface area contributed by atoms with Crippen molar-refractivity contribution in [3.05, 3.63) is 19.4 Å². The number of hydrogen-bond donors (Lipinski definition) is 1. The predicted octanol–water partition coefficient (Wildman–Crippen LogP) is 2.72. The summed E-state index contributed by atoms with van der Waals surface area (Å²) in [5.41, 5.74) is 1.40. The van der Waals surface area contributed by atoms with Crippen LogP contribution >= 0.6 is 33.9 Å².